The zero-order valence-electron chi connectivity index (χ0n) is 15.2. The van der Waals surface area contributed by atoms with Crippen LogP contribution >= 0.6 is 11.6 Å². The van der Waals surface area contributed by atoms with Gasteiger partial charge in [0, 0.05) is 36.1 Å². The van der Waals surface area contributed by atoms with Crippen molar-refractivity contribution in [3.63, 3.8) is 0 Å². The molecule has 0 bridgehead atoms. The number of hydrogen-bond donors (Lipinski definition) is 2. The van der Waals surface area contributed by atoms with E-state index in [0.717, 1.165) is 57.5 Å². The lowest BCUT2D eigenvalue weighted by Crippen LogP contribution is -2.42. The van der Waals surface area contributed by atoms with Crippen molar-refractivity contribution < 1.29 is 9.32 Å². The molecule has 0 spiro atoms. The number of aromatic nitrogens is 2. The number of amides is 1. The summed E-state index contributed by atoms with van der Waals surface area (Å²) >= 11 is 5.92. The van der Waals surface area contributed by atoms with Crippen LogP contribution in [0.2, 0.25) is 5.02 Å². The van der Waals surface area contributed by atoms with E-state index < -0.39 is 0 Å². The maximum absolute atomic E-state index is 12.4. The van der Waals surface area contributed by atoms with E-state index in [0.29, 0.717) is 22.8 Å². The Morgan fingerprint density at radius 1 is 1.26 bits per heavy atom. The van der Waals surface area contributed by atoms with Crippen molar-refractivity contribution in [3.8, 4) is 11.4 Å². The second-order valence-electron chi connectivity index (χ2n) is 7.27. The minimum absolute atomic E-state index is 0.0641. The Hall–Kier alpha value is -2.12. The second-order valence-corrected chi connectivity index (χ2v) is 7.71. The van der Waals surface area contributed by atoms with E-state index in [1.54, 1.807) is 12.1 Å². The summed E-state index contributed by atoms with van der Waals surface area (Å²) in [7, 11) is 0. The van der Waals surface area contributed by atoms with Crippen LogP contribution < -0.4 is 15.5 Å². The maximum Gasteiger partial charge on any atom is 0.324 e. The van der Waals surface area contributed by atoms with Gasteiger partial charge < -0.3 is 20.1 Å². The van der Waals surface area contributed by atoms with Crippen LogP contribution in [0.5, 0.6) is 0 Å². The maximum atomic E-state index is 12.4. The predicted octanol–water partition coefficient (Wildman–Crippen LogP) is 2.33. The van der Waals surface area contributed by atoms with Crippen LogP contribution in [0, 0.1) is 11.8 Å². The van der Waals surface area contributed by atoms with Crippen LogP contribution in [0.3, 0.4) is 0 Å². The molecule has 2 fully saturated rings. The van der Waals surface area contributed by atoms with Gasteiger partial charge in [-0.3, -0.25) is 4.79 Å². The average Bonchev–Trinajstić information content (AvgIpc) is 3.39. The van der Waals surface area contributed by atoms with Gasteiger partial charge in [0.15, 0.2) is 0 Å². The van der Waals surface area contributed by atoms with Gasteiger partial charge >= 0.3 is 6.01 Å². The highest BCUT2D eigenvalue weighted by atomic mass is 35.5. The van der Waals surface area contributed by atoms with Crippen LogP contribution in [0.25, 0.3) is 11.4 Å². The van der Waals surface area contributed by atoms with Gasteiger partial charge in [-0.2, -0.15) is 4.98 Å². The first kappa shape index (κ1) is 18.3. The fraction of sp³-hybridized carbons (Fsp3) is 0.526. The highest BCUT2D eigenvalue weighted by molar-refractivity contribution is 6.30. The molecule has 2 N–H and O–H groups in total. The summed E-state index contributed by atoms with van der Waals surface area (Å²) in [6.45, 7) is 4.32. The minimum Gasteiger partial charge on any atom is -0.356 e. The second kappa shape index (κ2) is 8.27. The Morgan fingerprint density at radius 3 is 2.74 bits per heavy atom. The SMILES string of the molecule is O=C(NC[C@H]1CCNC1)C1CCN(c2nc(-c3ccc(Cl)cc3)no2)CC1. The van der Waals surface area contributed by atoms with E-state index in [-0.39, 0.29) is 11.8 Å². The number of carbonyl (C=O) groups is 1. The molecule has 0 aliphatic carbocycles. The zero-order chi connectivity index (χ0) is 18.6. The molecule has 2 saturated heterocycles. The summed E-state index contributed by atoms with van der Waals surface area (Å²) in [5.41, 5.74) is 0.866. The summed E-state index contributed by atoms with van der Waals surface area (Å²) in [5.74, 6) is 1.36. The molecule has 0 saturated carbocycles. The number of nitrogens with one attached hydrogen (secondary N) is 2. The first-order valence-corrected chi connectivity index (χ1v) is 9.90. The Balaban J connectivity index is 1.29. The third-order valence-corrected chi connectivity index (χ3v) is 5.63. The van der Waals surface area contributed by atoms with Gasteiger partial charge in [0.25, 0.3) is 0 Å². The summed E-state index contributed by atoms with van der Waals surface area (Å²) in [4.78, 5) is 18.9. The first-order valence-electron chi connectivity index (χ1n) is 9.52. The lowest BCUT2D eigenvalue weighted by atomic mass is 9.96. The average molecular weight is 390 g/mol. The van der Waals surface area contributed by atoms with Gasteiger partial charge in [0.2, 0.25) is 11.7 Å². The lowest BCUT2D eigenvalue weighted by molar-refractivity contribution is -0.125. The van der Waals surface area contributed by atoms with Crippen LogP contribution in [0.1, 0.15) is 19.3 Å². The topological polar surface area (TPSA) is 83.3 Å². The van der Waals surface area contributed by atoms with E-state index in [2.05, 4.69) is 25.7 Å². The Labute approximate surface area is 163 Å². The number of nitrogens with zero attached hydrogens (tertiary/aromatic N) is 3. The van der Waals surface area contributed by atoms with Gasteiger partial charge in [-0.1, -0.05) is 16.8 Å². The standard InChI is InChI=1S/C19H24ClN5O2/c20-16-3-1-14(2-4-16)17-23-19(27-24-17)25-9-6-15(7-10-25)18(26)22-12-13-5-8-21-11-13/h1-4,13,15,21H,5-12H2,(H,22,26)/t13-/m0/s1. The molecule has 2 aliphatic heterocycles. The van der Waals surface area contributed by atoms with E-state index in [1.165, 1.54) is 0 Å². The van der Waals surface area contributed by atoms with Crippen LogP contribution in [-0.2, 0) is 4.79 Å². The Morgan fingerprint density at radius 2 is 2.04 bits per heavy atom. The molecule has 7 nitrogen and oxygen atoms in total. The monoisotopic (exact) mass is 389 g/mol. The largest absolute Gasteiger partial charge is 0.356 e. The third-order valence-electron chi connectivity index (χ3n) is 5.38. The summed E-state index contributed by atoms with van der Waals surface area (Å²) < 4.78 is 5.42. The van der Waals surface area contributed by atoms with Crippen LogP contribution in [0.15, 0.2) is 28.8 Å². The number of benzene rings is 1. The molecule has 3 heterocycles. The number of carbonyl (C=O) groups excluding carboxylic acids is 1. The molecule has 0 radical (unpaired) electrons. The minimum atomic E-state index is 0.0641. The molecule has 1 aromatic heterocycles. The molecule has 144 valence electrons. The molecular formula is C19H24ClN5O2. The van der Waals surface area contributed by atoms with Gasteiger partial charge in [-0.25, -0.2) is 0 Å². The molecule has 8 heteroatoms. The van der Waals surface area contributed by atoms with Crippen molar-refractivity contribution >= 4 is 23.5 Å². The van der Waals surface area contributed by atoms with Crippen LogP contribution in [-0.4, -0.2) is 48.8 Å². The molecule has 4 rings (SSSR count). The third kappa shape index (κ3) is 4.42. The van der Waals surface area contributed by atoms with Crippen molar-refractivity contribution in [3.05, 3.63) is 29.3 Å². The first-order chi connectivity index (χ1) is 13.2. The number of halogens is 1. The van der Waals surface area contributed by atoms with Crippen molar-refractivity contribution in [2.75, 3.05) is 37.6 Å². The molecule has 1 atom stereocenters. The summed E-state index contributed by atoms with van der Waals surface area (Å²) in [5, 5.41) is 11.2. The number of anilines is 1. The van der Waals surface area contributed by atoms with Gasteiger partial charge in [-0.05, 0) is 62.5 Å². The molecule has 1 aromatic carbocycles. The summed E-state index contributed by atoms with van der Waals surface area (Å²) in [6.07, 6.45) is 2.74. The zero-order valence-corrected chi connectivity index (χ0v) is 15.9. The Kier molecular flexibility index (Phi) is 5.59. The fourth-order valence-electron chi connectivity index (χ4n) is 3.67. The molecule has 1 amide bonds. The van der Waals surface area contributed by atoms with Crippen molar-refractivity contribution in [1.82, 2.24) is 20.8 Å². The Bertz CT molecular complexity index is 765. The highest BCUT2D eigenvalue weighted by Crippen LogP contribution is 2.25. The van der Waals surface area contributed by atoms with E-state index in [4.69, 9.17) is 16.1 Å². The van der Waals surface area contributed by atoms with Crippen molar-refractivity contribution in [1.29, 1.82) is 0 Å². The quantitative estimate of drug-likeness (QED) is 0.816. The van der Waals surface area contributed by atoms with E-state index >= 15 is 0 Å². The molecule has 27 heavy (non-hydrogen) atoms. The van der Waals surface area contributed by atoms with Crippen molar-refractivity contribution in [2.45, 2.75) is 19.3 Å². The number of hydrogen-bond acceptors (Lipinski definition) is 6. The van der Waals surface area contributed by atoms with Crippen molar-refractivity contribution in [2.24, 2.45) is 11.8 Å². The number of rotatable bonds is 5. The molecule has 2 aromatic rings. The highest BCUT2D eigenvalue weighted by Gasteiger charge is 2.28. The fourth-order valence-corrected chi connectivity index (χ4v) is 3.80. The lowest BCUT2D eigenvalue weighted by Gasteiger charge is -2.29. The molecule has 2 aliphatic rings. The van der Waals surface area contributed by atoms with Gasteiger partial charge in [-0.15, -0.1) is 0 Å². The van der Waals surface area contributed by atoms with E-state index in [1.807, 2.05) is 12.1 Å². The predicted molar refractivity (Wildman–Crippen MR) is 104 cm³/mol. The summed E-state index contributed by atoms with van der Waals surface area (Å²) in [6, 6.07) is 7.86. The molecular weight excluding hydrogens is 366 g/mol. The molecule has 0 unspecified atom stereocenters. The van der Waals surface area contributed by atoms with Gasteiger partial charge in [0.1, 0.15) is 0 Å². The smallest absolute Gasteiger partial charge is 0.324 e. The van der Waals surface area contributed by atoms with E-state index in [9.17, 15) is 4.79 Å². The van der Waals surface area contributed by atoms with Crippen LogP contribution in [0.4, 0.5) is 6.01 Å². The number of piperidine rings is 1. The van der Waals surface area contributed by atoms with Gasteiger partial charge in [0.05, 0.1) is 0 Å². The normalized spacial score (nSPS) is 20.8.